The van der Waals surface area contributed by atoms with Gasteiger partial charge in [-0.1, -0.05) is 0 Å². The smallest absolute Gasteiger partial charge is 0.129 e. The molecule has 2 rings (SSSR count). The van der Waals surface area contributed by atoms with Gasteiger partial charge in [-0.25, -0.2) is 0 Å². The summed E-state index contributed by atoms with van der Waals surface area (Å²) in [5.41, 5.74) is 1.10. The lowest BCUT2D eigenvalue weighted by Gasteiger charge is -2.18. The van der Waals surface area contributed by atoms with E-state index in [0.29, 0.717) is 6.61 Å². The predicted octanol–water partition coefficient (Wildman–Crippen LogP) is 2.85. The minimum absolute atomic E-state index is 0.112. The molecule has 0 aromatic carbocycles. The van der Waals surface area contributed by atoms with Crippen LogP contribution < -0.4 is 5.32 Å². The van der Waals surface area contributed by atoms with Crippen molar-refractivity contribution in [1.82, 2.24) is 5.32 Å². The Balaban J connectivity index is 1.77. The average molecular weight is 223 g/mol. The minimum Gasteiger partial charge on any atom is -0.467 e. The molecule has 1 saturated carbocycles. The van der Waals surface area contributed by atoms with Crippen molar-refractivity contribution in [3.63, 3.8) is 0 Å². The average Bonchev–Trinajstić information content (AvgIpc) is 2.91. The van der Waals surface area contributed by atoms with E-state index >= 15 is 0 Å². The van der Waals surface area contributed by atoms with Crippen molar-refractivity contribution in [1.29, 1.82) is 0 Å². The van der Waals surface area contributed by atoms with Gasteiger partial charge in [0, 0.05) is 18.2 Å². The maximum absolute atomic E-state index is 5.65. The topological polar surface area (TPSA) is 34.4 Å². The molecule has 1 heterocycles. The molecule has 1 N–H and O–H groups in total. The lowest BCUT2D eigenvalue weighted by molar-refractivity contribution is -0.0224. The first-order valence-corrected chi connectivity index (χ1v) is 5.96. The molecule has 0 aliphatic heterocycles. The van der Waals surface area contributed by atoms with Gasteiger partial charge < -0.3 is 14.5 Å². The summed E-state index contributed by atoms with van der Waals surface area (Å²) in [6.07, 6.45) is 4.45. The molecule has 0 bridgehead atoms. The Bertz CT molecular complexity index is 334. The van der Waals surface area contributed by atoms with Crippen LogP contribution in [-0.4, -0.2) is 11.6 Å². The van der Waals surface area contributed by atoms with Crippen molar-refractivity contribution in [2.45, 2.75) is 58.4 Å². The summed E-state index contributed by atoms with van der Waals surface area (Å²) in [7, 11) is 0. The van der Waals surface area contributed by atoms with Crippen molar-refractivity contribution in [3.05, 3.63) is 23.7 Å². The van der Waals surface area contributed by atoms with Crippen LogP contribution in [0.4, 0.5) is 0 Å². The van der Waals surface area contributed by atoms with Gasteiger partial charge in [0.2, 0.25) is 0 Å². The second kappa shape index (κ2) is 4.60. The van der Waals surface area contributed by atoms with Crippen molar-refractivity contribution in [2.75, 3.05) is 0 Å². The van der Waals surface area contributed by atoms with E-state index < -0.39 is 0 Å². The largest absolute Gasteiger partial charge is 0.467 e. The summed E-state index contributed by atoms with van der Waals surface area (Å²) in [5.74, 6) is 0.905. The summed E-state index contributed by atoms with van der Waals surface area (Å²) in [6.45, 7) is 7.60. The minimum atomic E-state index is -0.112. The first-order valence-electron chi connectivity index (χ1n) is 5.96. The molecule has 1 fully saturated rings. The molecule has 0 spiro atoms. The van der Waals surface area contributed by atoms with Crippen LogP contribution in [0.25, 0.3) is 0 Å². The maximum atomic E-state index is 5.65. The van der Waals surface area contributed by atoms with Crippen molar-refractivity contribution >= 4 is 0 Å². The summed E-state index contributed by atoms with van der Waals surface area (Å²) in [6, 6.07) is 2.81. The van der Waals surface area contributed by atoms with Gasteiger partial charge in [-0.15, -0.1) is 0 Å². The number of furan rings is 1. The van der Waals surface area contributed by atoms with Crippen LogP contribution in [0.3, 0.4) is 0 Å². The van der Waals surface area contributed by atoms with E-state index in [2.05, 4.69) is 11.4 Å². The van der Waals surface area contributed by atoms with Crippen LogP contribution >= 0.6 is 0 Å². The Hall–Kier alpha value is -0.800. The molecule has 0 atom stereocenters. The van der Waals surface area contributed by atoms with E-state index in [1.807, 2.05) is 27.0 Å². The van der Waals surface area contributed by atoms with E-state index in [4.69, 9.17) is 9.15 Å². The standard InChI is InChI=1S/C13H21NO2/c1-13(2,3)16-9-12-6-10(8-15-12)7-14-11-4-5-11/h6,8,11,14H,4-5,7,9H2,1-3H3. The highest BCUT2D eigenvalue weighted by Gasteiger charge is 2.20. The van der Waals surface area contributed by atoms with Gasteiger partial charge in [0.1, 0.15) is 12.4 Å². The highest BCUT2D eigenvalue weighted by molar-refractivity contribution is 5.12. The first-order chi connectivity index (χ1) is 7.53. The van der Waals surface area contributed by atoms with Gasteiger partial charge in [-0.2, -0.15) is 0 Å². The number of rotatable bonds is 5. The van der Waals surface area contributed by atoms with Crippen LogP contribution in [0.5, 0.6) is 0 Å². The Morgan fingerprint density at radius 1 is 1.44 bits per heavy atom. The van der Waals surface area contributed by atoms with E-state index in [-0.39, 0.29) is 5.60 Å². The normalized spacial score (nSPS) is 16.7. The molecule has 0 amide bonds. The molecule has 3 heteroatoms. The van der Waals surface area contributed by atoms with Crippen molar-refractivity contribution in [2.24, 2.45) is 0 Å². The molecule has 90 valence electrons. The molecule has 3 nitrogen and oxygen atoms in total. The molecule has 1 aliphatic rings. The zero-order chi connectivity index (χ0) is 11.6. The quantitative estimate of drug-likeness (QED) is 0.833. The van der Waals surface area contributed by atoms with Crippen molar-refractivity contribution in [3.8, 4) is 0 Å². The molecule has 0 unspecified atom stereocenters. The van der Waals surface area contributed by atoms with Gasteiger partial charge in [0.25, 0.3) is 0 Å². The highest BCUT2D eigenvalue weighted by atomic mass is 16.5. The molecule has 0 radical (unpaired) electrons. The van der Waals surface area contributed by atoms with Crippen LogP contribution in [0, 0.1) is 0 Å². The Kier molecular flexibility index (Phi) is 3.36. The fourth-order valence-corrected chi connectivity index (χ4v) is 1.43. The molecule has 1 aromatic heterocycles. The van der Waals surface area contributed by atoms with Gasteiger partial charge >= 0.3 is 0 Å². The van der Waals surface area contributed by atoms with Gasteiger partial charge in [-0.05, 0) is 39.7 Å². The van der Waals surface area contributed by atoms with Crippen LogP contribution in [0.15, 0.2) is 16.7 Å². The summed E-state index contributed by atoms with van der Waals surface area (Å²) < 4.78 is 11.1. The second-order valence-electron chi connectivity index (χ2n) is 5.48. The number of nitrogens with one attached hydrogen (secondary N) is 1. The summed E-state index contributed by atoms with van der Waals surface area (Å²) in [5, 5.41) is 3.46. The fourth-order valence-electron chi connectivity index (χ4n) is 1.43. The van der Waals surface area contributed by atoms with Crippen molar-refractivity contribution < 1.29 is 9.15 Å². The number of hydrogen-bond donors (Lipinski definition) is 1. The molecule has 0 saturated heterocycles. The molecule has 1 aliphatic carbocycles. The third kappa shape index (κ3) is 3.99. The van der Waals surface area contributed by atoms with Crippen LogP contribution in [0.1, 0.15) is 44.9 Å². The maximum Gasteiger partial charge on any atom is 0.129 e. The summed E-state index contributed by atoms with van der Waals surface area (Å²) in [4.78, 5) is 0. The Morgan fingerprint density at radius 3 is 2.81 bits per heavy atom. The highest BCUT2D eigenvalue weighted by Crippen LogP contribution is 2.20. The van der Waals surface area contributed by atoms with Crippen LogP contribution in [-0.2, 0) is 17.9 Å². The third-order valence-corrected chi connectivity index (χ3v) is 2.53. The zero-order valence-electron chi connectivity index (χ0n) is 10.4. The van der Waals surface area contributed by atoms with Crippen LogP contribution in [0.2, 0.25) is 0 Å². The second-order valence-corrected chi connectivity index (χ2v) is 5.48. The van der Waals surface area contributed by atoms with E-state index in [1.54, 1.807) is 0 Å². The molecule has 1 aromatic rings. The Morgan fingerprint density at radius 2 is 2.19 bits per heavy atom. The van der Waals surface area contributed by atoms with E-state index in [9.17, 15) is 0 Å². The first kappa shape index (κ1) is 11.7. The van der Waals surface area contributed by atoms with Gasteiger partial charge in [-0.3, -0.25) is 0 Å². The SMILES string of the molecule is CC(C)(C)OCc1cc(CNC2CC2)co1. The lowest BCUT2D eigenvalue weighted by Crippen LogP contribution is -2.18. The monoisotopic (exact) mass is 223 g/mol. The third-order valence-electron chi connectivity index (χ3n) is 2.53. The van der Waals surface area contributed by atoms with Gasteiger partial charge in [0.05, 0.1) is 11.9 Å². The lowest BCUT2D eigenvalue weighted by atomic mass is 10.2. The fraction of sp³-hybridized carbons (Fsp3) is 0.692. The Labute approximate surface area is 97.2 Å². The zero-order valence-corrected chi connectivity index (χ0v) is 10.4. The molecule has 16 heavy (non-hydrogen) atoms. The van der Waals surface area contributed by atoms with Gasteiger partial charge in [0.15, 0.2) is 0 Å². The molecular formula is C13H21NO2. The number of hydrogen-bond acceptors (Lipinski definition) is 3. The summed E-state index contributed by atoms with van der Waals surface area (Å²) >= 11 is 0. The predicted molar refractivity (Wildman–Crippen MR) is 63.1 cm³/mol. The number of ether oxygens (including phenoxy) is 1. The molecular weight excluding hydrogens is 202 g/mol. The van der Waals surface area contributed by atoms with E-state index in [0.717, 1.165) is 18.3 Å². The van der Waals surface area contributed by atoms with E-state index in [1.165, 1.54) is 18.4 Å².